The van der Waals surface area contributed by atoms with Crippen LogP contribution < -0.4 is 0 Å². The molecule has 0 saturated carbocycles. The first-order chi connectivity index (χ1) is 4.93. The molecule has 0 spiro atoms. The van der Waals surface area contributed by atoms with Crippen molar-refractivity contribution >= 4 is 0 Å². The molecule has 0 aliphatic heterocycles. The zero-order valence-corrected chi connectivity index (χ0v) is 6.70. The summed E-state index contributed by atoms with van der Waals surface area (Å²) in [6.07, 6.45) is 0. The minimum atomic E-state index is -2.84. The SMILES string of the molecule is Cc1[nH]nc(C(C)(F)F)c1C. The Hall–Kier alpha value is -0.930. The first-order valence-electron chi connectivity index (χ1n) is 3.33. The Bertz CT molecular complexity index is 260. The molecule has 4 heteroatoms. The van der Waals surface area contributed by atoms with Gasteiger partial charge in [0.25, 0.3) is 5.92 Å². The highest BCUT2D eigenvalue weighted by atomic mass is 19.3. The fourth-order valence-electron chi connectivity index (χ4n) is 0.912. The number of H-pyrrole nitrogens is 1. The second-order valence-corrected chi connectivity index (χ2v) is 2.71. The van der Waals surface area contributed by atoms with Gasteiger partial charge in [-0.05, 0) is 19.4 Å². The lowest BCUT2D eigenvalue weighted by Crippen LogP contribution is -2.09. The molecule has 0 bridgehead atoms. The van der Waals surface area contributed by atoms with Crippen LogP contribution in [0, 0.1) is 13.8 Å². The molecule has 62 valence electrons. The summed E-state index contributed by atoms with van der Waals surface area (Å²) in [5, 5.41) is 6.03. The summed E-state index contributed by atoms with van der Waals surface area (Å²) in [7, 11) is 0. The average Bonchev–Trinajstić information content (AvgIpc) is 2.11. The maximum atomic E-state index is 12.6. The van der Waals surface area contributed by atoms with Crippen molar-refractivity contribution in [2.45, 2.75) is 26.7 Å². The molecule has 1 N–H and O–H groups in total. The number of aromatic amines is 1. The van der Waals surface area contributed by atoms with Gasteiger partial charge in [-0.1, -0.05) is 0 Å². The summed E-state index contributed by atoms with van der Waals surface area (Å²) in [5.74, 6) is -2.84. The predicted molar refractivity (Wildman–Crippen MR) is 37.6 cm³/mol. The molecule has 0 saturated heterocycles. The van der Waals surface area contributed by atoms with Crippen molar-refractivity contribution in [1.82, 2.24) is 10.2 Å². The Morgan fingerprint density at radius 3 is 2.09 bits per heavy atom. The van der Waals surface area contributed by atoms with Gasteiger partial charge in [-0.25, -0.2) is 0 Å². The number of rotatable bonds is 1. The molecule has 0 radical (unpaired) electrons. The van der Waals surface area contributed by atoms with Gasteiger partial charge in [-0.3, -0.25) is 5.10 Å². The molecule has 0 amide bonds. The number of hydrogen-bond donors (Lipinski definition) is 1. The van der Waals surface area contributed by atoms with E-state index < -0.39 is 5.92 Å². The van der Waals surface area contributed by atoms with Crippen LogP contribution in [0.5, 0.6) is 0 Å². The summed E-state index contributed by atoms with van der Waals surface area (Å²) in [5.41, 5.74) is 1.08. The molecular formula is C7H10F2N2. The Morgan fingerprint density at radius 1 is 1.36 bits per heavy atom. The zero-order chi connectivity index (χ0) is 8.65. The molecule has 11 heavy (non-hydrogen) atoms. The van der Waals surface area contributed by atoms with Gasteiger partial charge < -0.3 is 0 Å². The molecule has 0 atom stereocenters. The lowest BCUT2D eigenvalue weighted by Gasteiger charge is -2.06. The topological polar surface area (TPSA) is 28.7 Å². The highest BCUT2D eigenvalue weighted by Gasteiger charge is 2.29. The first kappa shape index (κ1) is 8.17. The van der Waals surface area contributed by atoms with E-state index >= 15 is 0 Å². The van der Waals surface area contributed by atoms with Gasteiger partial charge in [0.2, 0.25) is 0 Å². The highest BCUT2D eigenvalue weighted by Crippen LogP contribution is 2.28. The van der Waals surface area contributed by atoms with Gasteiger partial charge in [-0.15, -0.1) is 0 Å². The summed E-state index contributed by atoms with van der Waals surface area (Å²) in [4.78, 5) is 0. The summed E-state index contributed by atoms with van der Waals surface area (Å²) >= 11 is 0. The summed E-state index contributed by atoms with van der Waals surface area (Å²) < 4.78 is 25.3. The van der Waals surface area contributed by atoms with Crippen LogP contribution in [-0.2, 0) is 5.92 Å². The van der Waals surface area contributed by atoms with E-state index in [1.165, 1.54) is 0 Å². The fraction of sp³-hybridized carbons (Fsp3) is 0.571. The largest absolute Gasteiger partial charge is 0.289 e. The van der Waals surface area contributed by atoms with E-state index in [0.717, 1.165) is 6.92 Å². The Morgan fingerprint density at radius 2 is 1.91 bits per heavy atom. The monoisotopic (exact) mass is 160 g/mol. The molecule has 1 heterocycles. The van der Waals surface area contributed by atoms with Gasteiger partial charge in [0, 0.05) is 12.6 Å². The standard InChI is InChI=1S/C7H10F2N2/c1-4-5(2)10-11-6(4)7(3,8)9/h1-3H3,(H,10,11). The summed E-state index contributed by atoms with van der Waals surface area (Å²) in [6, 6.07) is 0. The van der Waals surface area contributed by atoms with Crippen molar-refractivity contribution in [2.75, 3.05) is 0 Å². The third kappa shape index (κ3) is 1.39. The average molecular weight is 160 g/mol. The van der Waals surface area contributed by atoms with E-state index in [1.807, 2.05) is 0 Å². The van der Waals surface area contributed by atoms with Crippen LogP contribution in [0.4, 0.5) is 8.78 Å². The number of halogens is 2. The van der Waals surface area contributed by atoms with Crippen LogP contribution >= 0.6 is 0 Å². The van der Waals surface area contributed by atoms with Crippen LogP contribution in [-0.4, -0.2) is 10.2 Å². The van der Waals surface area contributed by atoms with Gasteiger partial charge in [0.1, 0.15) is 5.69 Å². The Labute approximate surface area is 63.6 Å². The third-order valence-corrected chi connectivity index (χ3v) is 1.67. The molecule has 1 aromatic heterocycles. The number of nitrogens with zero attached hydrogens (tertiary/aromatic N) is 1. The van der Waals surface area contributed by atoms with Crippen molar-refractivity contribution in [2.24, 2.45) is 0 Å². The van der Waals surface area contributed by atoms with Crippen molar-refractivity contribution in [3.8, 4) is 0 Å². The van der Waals surface area contributed by atoms with Crippen LogP contribution in [0.25, 0.3) is 0 Å². The number of nitrogens with one attached hydrogen (secondary N) is 1. The van der Waals surface area contributed by atoms with Crippen molar-refractivity contribution in [3.63, 3.8) is 0 Å². The van der Waals surface area contributed by atoms with Crippen LogP contribution in [0.2, 0.25) is 0 Å². The molecule has 0 aliphatic rings. The van der Waals surface area contributed by atoms with E-state index in [0.29, 0.717) is 11.3 Å². The molecule has 0 fully saturated rings. The highest BCUT2D eigenvalue weighted by molar-refractivity contribution is 5.25. The molecule has 0 aliphatic carbocycles. The van der Waals surface area contributed by atoms with E-state index in [1.54, 1.807) is 13.8 Å². The molecule has 0 unspecified atom stereocenters. The quantitative estimate of drug-likeness (QED) is 0.669. The van der Waals surface area contributed by atoms with Gasteiger partial charge >= 0.3 is 0 Å². The van der Waals surface area contributed by atoms with Crippen LogP contribution in [0.15, 0.2) is 0 Å². The zero-order valence-electron chi connectivity index (χ0n) is 6.70. The van der Waals surface area contributed by atoms with Crippen molar-refractivity contribution in [1.29, 1.82) is 0 Å². The van der Waals surface area contributed by atoms with Crippen molar-refractivity contribution < 1.29 is 8.78 Å². The molecular weight excluding hydrogens is 150 g/mol. The van der Waals surface area contributed by atoms with Crippen LogP contribution in [0.1, 0.15) is 23.9 Å². The second kappa shape index (κ2) is 2.29. The summed E-state index contributed by atoms with van der Waals surface area (Å²) in [6.45, 7) is 4.19. The normalized spacial score (nSPS) is 12.1. The molecule has 1 aromatic rings. The van der Waals surface area contributed by atoms with Gasteiger partial charge in [0.15, 0.2) is 0 Å². The van der Waals surface area contributed by atoms with Crippen molar-refractivity contribution in [3.05, 3.63) is 17.0 Å². The predicted octanol–water partition coefficient (Wildman–Crippen LogP) is 2.14. The van der Waals surface area contributed by atoms with E-state index in [2.05, 4.69) is 10.2 Å². The van der Waals surface area contributed by atoms with Crippen LogP contribution in [0.3, 0.4) is 0 Å². The maximum absolute atomic E-state index is 12.6. The molecule has 2 nitrogen and oxygen atoms in total. The van der Waals surface area contributed by atoms with Gasteiger partial charge in [-0.2, -0.15) is 13.9 Å². The van der Waals surface area contributed by atoms with Gasteiger partial charge in [0.05, 0.1) is 0 Å². The fourth-order valence-corrected chi connectivity index (χ4v) is 0.912. The minimum Gasteiger partial charge on any atom is -0.282 e. The second-order valence-electron chi connectivity index (χ2n) is 2.71. The molecule has 1 rings (SSSR count). The lowest BCUT2D eigenvalue weighted by atomic mass is 10.1. The van der Waals surface area contributed by atoms with E-state index in [-0.39, 0.29) is 5.69 Å². The van der Waals surface area contributed by atoms with E-state index in [9.17, 15) is 8.78 Å². The number of aromatic nitrogens is 2. The van der Waals surface area contributed by atoms with E-state index in [4.69, 9.17) is 0 Å². The minimum absolute atomic E-state index is 0.157. The molecule has 0 aromatic carbocycles. The number of hydrogen-bond acceptors (Lipinski definition) is 1. The number of aryl methyl sites for hydroxylation is 1. The smallest absolute Gasteiger partial charge is 0.282 e. The first-order valence-corrected chi connectivity index (χ1v) is 3.33. The Balaban J connectivity index is 3.15. The third-order valence-electron chi connectivity index (χ3n) is 1.67. The lowest BCUT2D eigenvalue weighted by molar-refractivity contribution is 0.0121. The maximum Gasteiger partial charge on any atom is 0.289 e. The number of alkyl halides is 2. The Kier molecular flexibility index (Phi) is 1.70.